The van der Waals surface area contributed by atoms with Crippen molar-refractivity contribution in [2.24, 2.45) is 0 Å². The van der Waals surface area contributed by atoms with Gasteiger partial charge in [-0.1, -0.05) is 6.07 Å². The second kappa shape index (κ2) is 9.85. The molecule has 3 aromatic heterocycles. The molecular formula is C22H25N7O. The van der Waals surface area contributed by atoms with Gasteiger partial charge in [0.25, 0.3) is 0 Å². The van der Waals surface area contributed by atoms with E-state index >= 15 is 0 Å². The van der Waals surface area contributed by atoms with Crippen molar-refractivity contribution in [3.8, 4) is 23.3 Å². The molecule has 0 aromatic carbocycles. The van der Waals surface area contributed by atoms with Crippen molar-refractivity contribution in [3.63, 3.8) is 0 Å². The number of aromatic nitrogens is 4. The predicted molar refractivity (Wildman–Crippen MR) is 114 cm³/mol. The quantitative estimate of drug-likeness (QED) is 0.578. The van der Waals surface area contributed by atoms with E-state index < -0.39 is 0 Å². The van der Waals surface area contributed by atoms with Crippen molar-refractivity contribution in [2.75, 3.05) is 44.2 Å². The number of rotatable bonds is 8. The van der Waals surface area contributed by atoms with Crippen molar-refractivity contribution < 1.29 is 4.74 Å². The van der Waals surface area contributed by atoms with Crippen LogP contribution in [0.3, 0.4) is 0 Å². The zero-order chi connectivity index (χ0) is 20.6. The molecule has 0 unspecified atom stereocenters. The molecule has 0 radical (unpaired) electrons. The Hall–Kier alpha value is -3.44. The van der Waals surface area contributed by atoms with Gasteiger partial charge in [0, 0.05) is 44.6 Å². The molecule has 154 valence electrons. The van der Waals surface area contributed by atoms with Crippen LogP contribution in [-0.4, -0.2) is 64.4 Å². The first kappa shape index (κ1) is 19.9. The lowest BCUT2D eigenvalue weighted by molar-refractivity contribution is 0.236. The van der Waals surface area contributed by atoms with E-state index in [1.807, 2.05) is 36.4 Å². The molecule has 8 heteroatoms. The first-order chi connectivity index (χ1) is 14.8. The van der Waals surface area contributed by atoms with Gasteiger partial charge in [0.2, 0.25) is 5.88 Å². The molecule has 0 amide bonds. The highest BCUT2D eigenvalue weighted by Gasteiger charge is 2.19. The number of nitrogens with one attached hydrogen (secondary N) is 1. The van der Waals surface area contributed by atoms with Crippen LogP contribution in [0.4, 0.5) is 5.82 Å². The Morgan fingerprint density at radius 2 is 1.93 bits per heavy atom. The maximum atomic E-state index is 9.27. The Kier molecular flexibility index (Phi) is 6.52. The van der Waals surface area contributed by atoms with Gasteiger partial charge in [0.15, 0.2) is 0 Å². The van der Waals surface area contributed by atoms with Crippen molar-refractivity contribution in [3.05, 3.63) is 54.4 Å². The number of hydrogen-bond acceptors (Lipinski definition) is 7. The number of piperazine rings is 1. The molecule has 4 heterocycles. The van der Waals surface area contributed by atoms with E-state index in [1.165, 1.54) is 0 Å². The summed E-state index contributed by atoms with van der Waals surface area (Å²) in [6.45, 7) is 5.45. The number of ether oxygens (including phenoxy) is 1. The van der Waals surface area contributed by atoms with Crippen LogP contribution in [0.1, 0.15) is 18.4 Å². The van der Waals surface area contributed by atoms with E-state index in [0.29, 0.717) is 18.1 Å². The molecule has 0 saturated carbocycles. The average molecular weight is 403 g/mol. The second-order valence-corrected chi connectivity index (χ2v) is 7.19. The third-order valence-electron chi connectivity index (χ3n) is 5.18. The average Bonchev–Trinajstić information content (AvgIpc) is 3.35. The fraction of sp³-hybridized carbons (Fsp3) is 0.364. The van der Waals surface area contributed by atoms with E-state index in [-0.39, 0.29) is 0 Å². The molecule has 30 heavy (non-hydrogen) atoms. The summed E-state index contributed by atoms with van der Waals surface area (Å²) >= 11 is 0. The van der Waals surface area contributed by atoms with Gasteiger partial charge in [-0.3, -0.25) is 10.00 Å². The standard InChI is InChI=1S/C22H25N7O/c23-17-18-5-4-9-24-22(18)29-14-12-28(13-15-29)11-1-2-16-30-21-7-3-6-19(26-21)20-8-10-25-27-20/h3-10H,1-2,11-16H2,(H,25,27). The van der Waals surface area contributed by atoms with Gasteiger partial charge in [-0.25, -0.2) is 9.97 Å². The SMILES string of the molecule is N#Cc1cccnc1N1CCN(CCCCOc2cccc(-c3cc[nH]n3)n2)CC1. The molecule has 0 aliphatic carbocycles. The van der Waals surface area contributed by atoms with Crippen LogP contribution in [-0.2, 0) is 0 Å². The molecule has 0 bridgehead atoms. The van der Waals surface area contributed by atoms with Crippen LogP contribution in [0.15, 0.2) is 48.8 Å². The van der Waals surface area contributed by atoms with Crippen LogP contribution in [0.2, 0.25) is 0 Å². The molecule has 0 atom stereocenters. The smallest absolute Gasteiger partial charge is 0.213 e. The number of unbranched alkanes of at least 4 members (excludes halogenated alkanes) is 1. The van der Waals surface area contributed by atoms with Crippen LogP contribution in [0.25, 0.3) is 11.4 Å². The molecule has 1 fully saturated rings. The highest BCUT2D eigenvalue weighted by Crippen LogP contribution is 2.19. The summed E-state index contributed by atoms with van der Waals surface area (Å²) in [6.07, 6.45) is 5.59. The zero-order valence-electron chi connectivity index (χ0n) is 16.9. The third kappa shape index (κ3) is 4.93. The van der Waals surface area contributed by atoms with Gasteiger partial charge in [-0.05, 0) is 43.7 Å². The highest BCUT2D eigenvalue weighted by molar-refractivity contribution is 5.54. The fourth-order valence-electron chi connectivity index (χ4n) is 3.57. The Bertz CT molecular complexity index is 975. The number of hydrogen-bond donors (Lipinski definition) is 1. The minimum Gasteiger partial charge on any atom is -0.478 e. The summed E-state index contributed by atoms with van der Waals surface area (Å²) in [6, 6.07) is 13.5. The first-order valence-electron chi connectivity index (χ1n) is 10.3. The maximum Gasteiger partial charge on any atom is 0.213 e. The molecule has 1 aliphatic heterocycles. The van der Waals surface area contributed by atoms with Crippen molar-refractivity contribution in [2.45, 2.75) is 12.8 Å². The summed E-state index contributed by atoms with van der Waals surface area (Å²) in [5.74, 6) is 1.44. The summed E-state index contributed by atoms with van der Waals surface area (Å²) in [7, 11) is 0. The molecule has 0 spiro atoms. The van der Waals surface area contributed by atoms with Gasteiger partial charge < -0.3 is 9.64 Å². The van der Waals surface area contributed by atoms with Gasteiger partial charge in [0.05, 0.1) is 17.9 Å². The number of H-pyrrole nitrogens is 1. The maximum absolute atomic E-state index is 9.27. The van der Waals surface area contributed by atoms with E-state index in [0.717, 1.165) is 62.8 Å². The Balaban J connectivity index is 1.16. The molecule has 3 aromatic rings. The molecule has 4 rings (SSSR count). The Morgan fingerprint density at radius 1 is 1.03 bits per heavy atom. The first-order valence-corrected chi connectivity index (χ1v) is 10.3. The summed E-state index contributed by atoms with van der Waals surface area (Å²) < 4.78 is 5.82. The molecule has 8 nitrogen and oxygen atoms in total. The number of aromatic amines is 1. The predicted octanol–water partition coefficient (Wildman–Crippen LogP) is 2.72. The molecule has 1 saturated heterocycles. The van der Waals surface area contributed by atoms with E-state index in [4.69, 9.17) is 4.74 Å². The topological polar surface area (TPSA) is 94.0 Å². The lowest BCUT2D eigenvalue weighted by Gasteiger charge is -2.35. The molecular weight excluding hydrogens is 378 g/mol. The van der Waals surface area contributed by atoms with Crippen molar-refractivity contribution >= 4 is 5.82 Å². The minimum absolute atomic E-state index is 0.632. The largest absolute Gasteiger partial charge is 0.478 e. The van der Waals surface area contributed by atoms with Gasteiger partial charge in [0.1, 0.15) is 17.6 Å². The molecule has 1 aliphatic rings. The van der Waals surface area contributed by atoms with Crippen LogP contribution in [0.5, 0.6) is 5.88 Å². The Morgan fingerprint density at radius 3 is 2.73 bits per heavy atom. The zero-order valence-corrected chi connectivity index (χ0v) is 16.9. The fourth-order valence-corrected chi connectivity index (χ4v) is 3.57. The van der Waals surface area contributed by atoms with Crippen LogP contribution in [0, 0.1) is 11.3 Å². The van der Waals surface area contributed by atoms with Gasteiger partial charge in [-0.2, -0.15) is 10.4 Å². The van der Waals surface area contributed by atoms with Gasteiger partial charge in [-0.15, -0.1) is 0 Å². The normalized spacial score (nSPS) is 14.4. The number of pyridine rings is 2. The van der Waals surface area contributed by atoms with Crippen molar-refractivity contribution in [1.82, 2.24) is 25.1 Å². The van der Waals surface area contributed by atoms with Crippen molar-refractivity contribution in [1.29, 1.82) is 5.26 Å². The molecule has 1 N–H and O–H groups in total. The lowest BCUT2D eigenvalue weighted by atomic mass is 10.2. The second-order valence-electron chi connectivity index (χ2n) is 7.19. The number of anilines is 1. The summed E-state index contributed by atoms with van der Waals surface area (Å²) in [5, 5.41) is 16.2. The van der Waals surface area contributed by atoms with E-state index in [1.54, 1.807) is 12.4 Å². The highest BCUT2D eigenvalue weighted by atomic mass is 16.5. The minimum atomic E-state index is 0.632. The van der Waals surface area contributed by atoms with Crippen LogP contribution >= 0.6 is 0 Å². The monoisotopic (exact) mass is 403 g/mol. The summed E-state index contributed by atoms with van der Waals surface area (Å²) in [5.41, 5.74) is 2.26. The number of nitriles is 1. The Labute approximate surface area is 176 Å². The van der Waals surface area contributed by atoms with Crippen LogP contribution < -0.4 is 9.64 Å². The summed E-state index contributed by atoms with van der Waals surface area (Å²) in [4.78, 5) is 13.6. The van der Waals surface area contributed by atoms with Gasteiger partial charge >= 0.3 is 0 Å². The lowest BCUT2D eigenvalue weighted by Crippen LogP contribution is -2.47. The van der Waals surface area contributed by atoms with E-state index in [9.17, 15) is 5.26 Å². The van der Waals surface area contributed by atoms with E-state index in [2.05, 4.69) is 36.0 Å². The third-order valence-corrected chi connectivity index (χ3v) is 5.18. The number of nitrogens with zero attached hydrogens (tertiary/aromatic N) is 6.